The van der Waals surface area contributed by atoms with E-state index < -0.39 is 0 Å². The zero-order valence-electron chi connectivity index (χ0n) is 9.16. The monoisotopic (exact) mass is 212 g/mol. The number of ketones is 1. The molecule has 1 heterocycles. The Labute approximate surface area is 91.0 Å². The average molecular weight is 212 g/mol. The summed E-state index contributed by atoms with van der Waals surface area (Å²) in [7, 11) is 0. The molecule has 0 aromatic rings. The lowest BCUT2D eigenvalue weighted by atomic mass is 9.73. The molecule has 80 valence electrons. The van der Waals surface area contributed by atoms with E-state index in [9.17, 15) is 4.79 Å². The Hall–Kier alpha value is 0.0200. The van der Waals surface area contributed by atoms with Crippen molar-refractivity contribution in [1.82, 2.24) is 0 Å². The van der Waals surface area contributed by atoms with Crippen molar-refractivity contribution in [3.05, 3.63) is 0 Å². The van der Waals surface area contributed by atoms with Gasteiger partial charge in [0.15, 0.2) is 0 Å². The van der Waals surface area contributed by atoms with E-state index in [-0.39, 0.29) is 0 Å². The van der Waals surface area contributed by atoms with E-state index >= 15 is 0 Å². The van der Waals surface area contributed by atoms with Crippen molar-refractivity contribution in [3.63, 3.8) is 0 Å². The van der Waals surface area contributed by atoms with Gasteiger partial charge in [-0.2, -0.15) is 11.8 Å². The van der Waals surface area contributed by atoms with Crippen molar-refractivity contribution in [3.8, 4) is 0 Å². The molecule has 0 N–H and O–H groups in total. The van der Waals surface area contributed by atoms with Crippen LogP contribution in [0, 0.1) is 23.7 Å². The largest absolute Gasteiger partial charge is 0.299 e. The molecular formula is C12H20OS. The van der Waals surface area contributed by atoms with E-state index in [4.69, 9.17) is 0 Å². The number of rotatable bonds is 2. The molecule has 0 amide bonds. The molecule has 14 heavy (non-hydrogen) atoms. The van der Waals surface area contributed by atoms with Gasteiger partial charge in [-0.25, -0.2) is 0 Å². The van der Waals surface area contributed by atoms with Crippen LogP contribution in [0.4, 0.5) is 0 Å². The van der Waals surface area contributed by atoms with Gasteiger partial charge in [-0.3, -0.25) is 4.79 Å². The van der Waals surface area contributed by atoms with Crippen LogP contribution in [0.2, 0.25) is 0 Å². The lowest BCUT2D eigenvalue weighted by Gasteiger charge is -2.34. The van der Waals surface area contributed by atoms with Crippen LogP contribution in [0.25, 0.3) is 0 Å². The van der Waals surface area contributed by atoms with Gasteiger partial charge in [0.05, 0.1) is 0 Å². The molecule has 0 bridgehead atoms. The lowest BCUT2D eigenvalue weighted by Crippen LogP contribution is -2.36. The molecule has 2 heteroatoms. The summed E-state index contributed by atoms with van der Waals surface area (Å²) in [6.07, 6.45) is 3.64. The zero-order chi connectivity index (χ0) is 10.1. The highest BCUT2D eigenvalue weighted by molar-refractivity contribution is 8.00. The second-order valence-corrected chi connectivity index (χ2v) is 6.33. The molecular weight excluding hydrogens is 192 g/mol. The van der Waals surface area contributed by atoms with Crippen molar-refractivity contribution in [1.29, 1.82) is 0 Å². The second-order valence-electron chi connectivity index (χ2n) is 5.25. The molecule has 2 fully saturated rings. The van der Waals surface area contributed by atoms with Gasteiger partial charge in [0.25, 0.3) is 0 Å². The number of Topliss-reactive ketones (excluding diaryl/α,β-unsaturated/α-hetero) is 1. The van der Waals surface area contributed by atoms with Crippen LogP contribution >= 0.6 is 11.8 Å². The molecule has 0 aromatic carbocycles. The van der Waals surface area contributed by atoms with Gasteiger partial charge in [-0.1, -0.05) is 13.8 Å². The van der Waals surface area contributed by atoms with Crippen molar-refractivity contribution in [2.24, 2.45) is 23.7 Å². The minimum absolute atomic E-state index is 0.402. The van der Waals surface area contributed by atoms with Crippen LogP contribution in [0.5, 0.6) is 0 Å². The quantitative estimate of drug-likeness (QED) is 0.700. The van der Waals surface area contributed by atoms with Crippen LogP contribution in [0.3, 0.4) is 0 Å². The maximum absolute atomic E-state index is 12.1. The fourth-order valence-electron chi connectivity index (χ4n) is 2.91. The van der Waals surface area contributed by atoms with Gasteiger partial charge >= 0.3 is 0 Å². The summed E-state index contributed by atoms with van der Waals surface area (Å²) in [4.78, 5) is 12.1. The summed E-state index contributed by atoms with van der Waals surface area (Å²) in [6, 6.07) is 0. The minimum atomic E-state index is 0.402. The third kappa shape index (κ3) is 2.16. The highest BCUT2D eigenvalue weighted by atomic mass is 32.2. The lowest BCUT2D eigenvalue weighted by molar-refractivity contribution is -0.127. The van der Waals surface area contributed by atoms with Gasteiger partial charge in [0.1, 0.15) is 5.78 Å². The summed E-state index contributed by atoms with van der Waals surface area (Å²) in [5.41, 5.74) is 0. The number of carbonyl (C=O) groups is 1. The summed E-state index contributed by atoms with van der Waals surface area (Å²) in [6.45, 7) is 4.59. The number of hydrogen-bond acceptors (Lipinski definition) is 2. The van der Waals surface area contributed by atoms with Crippen LogP contribution in [-0.2, 0) is 4.79 Å². The third-order valence-corrected chi connectivity index (χ3v) is 4.90. The predicted molar refractivity (Wildman–Crippen MR) is 61.5 cm³/mol. The molecule has 1 saturated carbocycles. The molecule has 1 aliphatic carbocycles. The number of thioether (sulfide) groups is 1. The van der Waals surface area contributed by atoms with Crippen LogP contribution in [0.15, 0.2) is 0 Å². The van der Waals surface area contributed by atoms with E-state index in [0.717, 1.165) is 36.2 Å². The summed E-state index contributed by atoms with van der Waals surface area (Å²) in [5, 5.41) is 0. The maximum atomic E-state index is 12.1. The Morgan fingerprint density at radius 2 is 1.57 bits per heavy atom. The van der Waals surface area contributed by atoms with Crippen LogP contribution < -0.4 is 0 Å². The molecule has 2 aliphatic rings. The first-order valence-electron chi connectivity index (χ1n) is 5.78. The second kappa shape index (κ2) is 4.26. The standard InChI is InChI=1S/C12H20OS/c1-8-3-9(2)5-10(4-8)12(13)11-6-14-7-11/h8-11H,3-7H2,1-2H3. The maximum Gasteiger partial charge on any atom is 0.140 e. The first-order valence-corrected chi connectivity index (χ1v) is 6.93. The fourth-order valence-corrected chi connectivity index (χ4v) is 3.71. The Balaban J connectivity index is 1.92. The van der Waals surface area contributed by atoms with Gasteiger partial charge < -0.3 is 0 Å². The van der Waals surface area contributed by atoms with Crippen LogP contribution in [0.1, 0.15) is 33.1 Å². The predicted octanol–water partition coefficient (Wildman–Crippen LogP) is 2.99. The summed E-state index contributed by atoms with van der Waals surface area (Å²) in [5.74, 6) is 5.13. The molecule has 2 atom stereocenters. The summed E-state index contributed by atoms with van der Waals surface area (Å²) < 4.78 is 0. The topological polar surface area (TPSA) is 17.1 Å². The molecule has 1 nitrogen and oxygen atoms in total. The van der Waals surface area contributed by atoms with Crippen molar-refractivity contribution in [2.45, 2.75) is 33.1 Å². The molecule has 1 aliphatic heterocycles. The number of hydrogen-bond donors (Lipinski definition) is 0. The first-order chi connectivity index (χ1) is 6.66. The Bertz CT molecular complexity index is 212. The SMILES string of the molecule is CC1CC(C)CC(C(=O)C2CSC2)C1. The van der Waals surface area contributed by atoms with E-state index in [1.807, 2.05) is 11.8 Å². The smallest absolute Gasteiger partial charge is 0.140 e. The van der Waals surface area contributed by atoms with Crippen LogP contribution in [-0.4, -0.2) is 17.3 Å². The third-order valence-electron chi connectivity index (χ3n) is 3.62. The Morgan fingerprint density at radius 3 is 2.00 bits per heavy atom. The molecule has 2 rings (SSSR count). The minimum Gasteiger partial charge on any atom is -0.299 e. The summed E-state index contributed by atoms with van der Waals surface area (Å²) >= 11 is 1.92. The molecule has 1 saturated heterocycles. The average Bonchev–Trinajstić information content (AvgIpc) is 1.98. The molecule has 0 radical (unpaired) electrons. The zero-order valence-corrected chi connectivity index (χ0v) is 9.98. The van der Waals surface area contributed by atoms with E-state index in [2.05, 4.69) is 13.8 Å². The van der Waals surface area contributed by atoms with E-state index in [0.29, 0.717) is 17.6 Å². The molecule has 0 aromatic heterocycles. The van der Waals surface area contributed by atoms with Gasteiger partial charge in [0.2, 0.25) is 0 Å². The van der Waals surface area contributed by atoms with Gasteiger partial charge in [-0.05, 0) is 31.1 Å². The first kappa shape index (κ1) is 10.5. The molecule has 0 spiro atoms. The van der Waals surface area contributed by atoms with E-state index in [1.165, 1.54) is 6.42 Å². The molecule has 2 unspecified atom stereocenters. The fraction of sp³-hybridized carbons (Fsp3) is 0.917. The van der Waals surface area contributed by atoms with E-state index in [1.54, 1.807) is 0 Å². The highest BCUT2D eigenvalue weighted by Crippen LogP contribution is 2.37. The Kier molecular flexibility index (Phi) is 3.20. The normalized spacial score (nSPS) is 39.1. The highest BCUT2D eigenvalue weighted by Gasteiger charge is 2.35. The van der Waals surface area contributed by atoms with Gasteiger partial charge in [-0.15, -0.1) is 0 Å². The number of carbonyl (C=O) groups excluding carboxylic acids is 1. The van der Waals surface area contributed by atoms with Crippen molar-refractivity contribution in [2.75, 3.05) is 11.5 Å². The van der Waals surface area contributed by atoms with Gasteiger partial charge in [0, 0.05) is 23.3 Å². The van der Waals surface area contributed by atoms with Crippen molar-refractivity contribution < 1.29 is 4.79 Å². The Morgan fingerprint density at radius 1 is 1.00 bits per heavy atom. The van der Waals surface area contributed by atoms with Crippen molar-refractivity contribution >= 4 is 17.5 Å².